The van der Waals surface area contributed by atoms with Gasteiger partial charge in [0.25, 0.3) is 0 Å². The molecule has 3 rings (SSSR count). The molecule has 1 aliphatic carbocycles. The monoisotopic (exact) mass is 340 g/mol. The summed E-state index contributed by atoms with van der Waals surface area (Å²) in [4.78, 5) is 15.2. The van der Waals surface area contributed by atoms with E-state index in [0.717, 1.165) is 43.7 Å². The maximum atomic E-state index is 11.0. The van der Waals surface area contributed by atoms with E-state index < -0.39 is 5.97 Å². The normalized spacial score (nSPS) is 20.2. The van der Waals surface area contributed by atoms with E-state index in [0.29, 0.717) is 12.6 Å². The van der Waals surface area contributed by atoms with Crippen LogP contribution in [0.4, 0.5) is 0 Å². The minimum atomic E-state index is -0.653. The van der Waals surface area contributed by atoms with Gasteiger partial charge in [0.1, 0.15) is 12.4 Å². The summed E-state index contributed by atoms with van der Waals surface area (Å²) in [6.07, 6.45) is 5.17. The fourth-order valence-electron chi connectivity index (χ4n) is 3.15. The average Bonchev–Trinajstić information content (AvgIpc) is 2.67. The lowest BCUT2D eigenvalue weighted by atomic mass is 9.86. The van der Waals surface area contributed by atoms with Gasteiger partial charge in [-0.15, -0.1) is 0 Å². The van der Waals surface area contributed by atoms with Crippen molar-refractivity contribution in [2.24, 2.45) is 5.92 Å². The Morgan fingerprint density at radius 2 is 1.88 bits per heavy atom. The summed E-state index contributed by atoms with van der Waals surface area (Å²) in [7, 11) is 0. The first-order chi connectivity index (χ1) is 12.2. The number of carbonyl (C=O) groups is 1. The highest BCUT2D eigenvalue weighted by atomic mass is 16.5. The Balaban J connectivity index is 1.41. The first-order valence-corrected chi connectivity index (χ1v) is 8.78. The van der Waals surface area contributed by atoms with Gasteiger partial charge >= 0.3 is 5.97 Å². The average molecular weight is 340 g/mol. The maximum absolute atomic E-state index is 11.0. The van der Waals surface area contributed by atoms with Crippen LogP contribution in [-0.4, -0.2) is 22.1 Å². The molecule has 1 aromatic heterocycles. The number of hydrogen-bond donors (Lipinski definition) is 2. The molecule has 2 N–H and O–H groups in total. The molecular formula is C20H24N2O3. The van der Waals surface area contributed by atoms with Crippen LogP contribution >= 0.6 is 0 Å². The van der Waals surface area contributed by atoms with Gasteiger partial charge in [0.15, 0.2) is 0 Å². The van der Waals surface area contributed by atoms with Crippen LogP contribution in [0.15, 0.2) is 48.7 Å². The molecule has 0 unspecified atom stereocenters. The van der Waals surface area contributed by atoms with Crippen LogP contribution in [0.2, 0.25) is 0 Å². The number of benzene rings is 1. The number of aromatic nitrogens is 1. The number of carboxylic acid groups (broad SMARTS) is 1. The molecule has 0 amide bonds. The fraction of sp³-hybridized carbons (Fsp3) is 0.400. The molecule has 1 saturated carbocycles. The minimum Gasteiger partial charge on any atom is -0.487 e. The molecule has 0 aliphatic heterocycles. The van der Waals surface area contributed by atoms with Gasteiger partial charge in [0.2, 0.25) is 0 Å². The number of nitrogens with zero attached hydrogens (tertiary/aromatic N) is 1. The molecule has 1 aliphatic rings. The predicted octanol–water partition coefficient (Wildman–Crippen LogP) is 3.39. The molecule has 132 valence electrons. The number of pyridine rings is 1. The van der Waals surface area contributed by atoms with Gasteiger partial charge in [-0.2, -0.15) is 0 Å². The SMILES string of the molecule is O=C(O)C1CCC(NCc2ccc(OCc3ccccn3)cc2)CC1. The number of carboxylic acids is 1. The lowest BCUT2D eigenvalue weighted by Crippen LogP contribution is -2.34. The highest BCUT2D eigenvalue weighted by molar-refractivity contribution is 5.70. The lowest BCUT2D eigenvalue weighted by molar-refractivity contribution is -0.142. The third-order valence-corrected chi connectivity index (χ3v) is 4.71. The summed E-state index contributed by atoms with van der Waals surface area (Å²) in [6, 6.07) is 14.3. The van der Waals surface area contributed by atoms with Crippen molar-refractivity contribution in [2.75, 3.05) is 0 Å². The van der Waals surface area contributed by atoms with Gasteiger partial charge in [0, 0.05) is 18.8 Å². The van der Waals surface area contributed by atoms with E-state index >= 15 is 0 Å². The molecule has 1 fully saturated rings. The Labute approximate surface area is 148 Å². The van der Waals surface area contributed by atoms with Crippen LogP contribution in [0, 0.1) is 5.92 Å². The highest BCUT2D eigenvalue weighted by Gasteiger charge is 2.25. The second-order valence-corrected chi connectivity index (χ2v) is 6.52. The van der Waals surface area contributed by atoms with Crippen LogP contribution in [-0.2, 0) is 17.9 Å². The molecule has 0 spiro atoms. The van der Waals surface area contributed by atoms with E-state index in [9.17, 15) is 4.79 Å². The first kappa shape index (κ1) is 17.4. The van der Waals surface area contributed by atoms with Crippen molar-refractivity contribution in [1.29, 1.82) is 0 Å². The molecule has 1 heterocycles. The minimum absolute atomic E-state index is 0.159. The van der Waals surface area contributed by atoms with Crippen molar-refractivity contribution >= 4 is 5.97 Å². The molecule has 0 saturated heterocycles. The molecule has 5 heteroatoms. The second-order valence-electron chi connectivity index (χ2n) is 6.52. The number of hydrogen-bond acceptors (Lipinski definition) is 4. The summed E-state index contributed by atoms with van der Waals surface area (Å²) in [5.74, 6) is 0.0182. The van der Waals surface area contributed by atoms with Crippen LogP contribution in [0.1, 0.15) is 36.9 Å². The number of rotatable bonds is 7. The van der Waals surface area contributed by atoms with Gasteiger partial charge in [-0.1, -0.05) is 18.2 Å². The summed E-state index contributed by atoms with van der Waals surface area (Å²) in [5.41, 5.74) is 2.11. The van der Waals surface area contributed by atoms with Crippen molar-refractivity contribution in [3.8, 4) is 5.75 Å². The zero-order chi connectivity index (χ0) is 17.5. The molecule has 0 atom stereocenters. The molecule has 5 nitrogen and oxygen atoms in total. The fourth-order valence-corrected chi connectivity index (χ4v) is 3.15. The third kappa shape index (κ3) is 5.29. The Hall–Kier alpha value is -2.40. The summed E-state index contributed by atoms with van der Waals surface area (Å²) in [5, 5.41) is 12.6. The summed E-state index contributed by atoms with van der Waals surface area (Å²) < 4.78 is 5.74. The van der Waals surface area contributed by atoms with Crippen molar-refractivity contribution in [3.63, 3.8) is 0 Å². The van der Waals surface area contributed by atoms with Gasteiger partial charge in [-0.05, 0) is 55.5 Å². The van der Waals surface area contributed by atoms with E-state index in [4.69, 9.17) is 9.84 Å². The number of aliphatic carboxylic acids is 1. The van der Waals surface area contributed by atoms with Crippen molar-refractivity contribution in [3.05, 3.63) is 59.9 Å². The highest BCUT2D eigenvalue weighted by Crippen LogP contribution is 2.24. The number of ether oxygens (including phenoxy) is 1. The first-order valence-electron chi connectivity index (χ1n) is 8.78. The summed E-state index contributed by atoms with van der Waals surface area (Å²) >= 11 is 0. The Morgan fingerprint density at radius 1 is 1.12 bits per heavy atom. The predicted molar refractivity (Wildman–Crippen MR) is 95.2 cm³/mol. The van der Waals surface area contributed by atoms with E-state index in [-0.39, 0.29) is 5.92 Å². The Kier molecular flexibility index (Phi) is 6.01. The largest absolute Gasteiger partial charge is 0.487 e. The van der Waals surface area contributed by atoms with Gasteiger partial charge in [-0.25, -0.2) is 0 Å². The Bertz CT molecular complexity index is 665. The molecule has 0 bridgehead atoms. The van der Waals surface area contributed by atoms with Crippen molar-refractivity contribution in [2.45, 2.75) is 44.9 Å². The third-order valence-electron chi connectivity index (χ3n) is 4.71. The Morgan fingerprint density at radius 3 is 2.52 bits per heavy atom. The topological polar surface area (TPSA) is 71.5 Å². The van der Waals surface area contributed by atoms with Crippen molar-refractivity contribution in [1.82, 2.24) is 10.3 Å². The molecule has 0 radical (unpaired) electrons. The van der Waals surface area contributed by atoms with Crippen molar-refractivity contribution < 1.29 is 14.6 Å². The van der Waals surface area contributed by atoms with E-state index in [1.807, 2.05) is 30.3 Å². The zero-order valence-corrected chi connectivity index (χ0v) is 14.2. The van der Waals surface area contributed by atoms with Crippen LogP contribution in [0.25, 0.3) is 0 Å². The molecular weight excluding hydrogens is 316 g/mol. The van der Waals surface area contributed by atoms with Gasteiger partial charge in [0.05, 0.1) is 11.6 Å². The quantitative estimate of drug-likeness (QED) is 0.808. The van der Waals surface area contributed by atoms with Crippen LogP contribution in [0.5, 0.6) is 5.75 Å². The number of nitrogens with one attached hydrogen (secondary N) is 1. The van der Waals surface area contributed by atoms with Gasteiger partial charge < -0.3 is 15.2 Å². The smallest absolute Gasteiger partial charge is 0.306 e. The van der Waals surface area contributed by atoms with E-state index in [1.165, 1.54) is 5.56 Å². The second kappa shape index (κ2) is 8.62. The van der Waals surface area contributed by atoms with E-state index in [2.05, 4.69) is 22.4 Å². The molecule has 25 heavy (non-hydrogen) atoms. The summed E-state index contributed by atoms with van der Waals surface area (Å²) in [6.45, 7) is 1.26. The molecule has 2 aromatic rings. The maximum Gasteiger partial charge on any atom is 0.306 e. The standard InChI is InChI=1S/C20H24N2O3/c23-20(24)16-6-8-17(9-7-16)22-13-15-4-10-19(11-5-15)25-14-18-3-1-2-12-21-18/h1-5,10-12,16-17,22H,6-9,13-14H2,(H,23,24). The zero-order valence-electron chi connectivity index (χ0n) is 14.2. The lowest BCUT2D eigenvalue weighted by Gasteiger charge is -2.27. The van der Waals surface area contributed by atoms with Crippen LogP contribution in [0.3, 0.4) is 0 Å². The van der Waals surface area contributed by atoms with E-state index in [1.54, 1.807) is 6.20 Å². The van der Waals surface area contributed by atoms with Gasteiger partial charge in [-0.3, -0.25) is 9.78 Å². The van der Waals surface area contributed by atoms with Crippen LogP contribution < -0.4 is 10.1 Å². The molecule has 1 aromatic carbocycles.